The van der Waals surface area contributed by atoms with Crippen molar-refractivity contribution in [1.82, 2.24) is 14.9 Å². The lowest BCUT2D eigenvalue weighted by atomic mass is 10.1. The van der Waals surface area contributed by atoms with Gasteiger partial charge in [0.15, 0.2) is 5.13 Å². The molecule has 1 amide bonds. The van der Waals surface area contributed by atoms with Crippen molar-refractivity contribution in [3.8, 4) is 0 Å². The highest BCUT2D eigenvalue weighted by Gasteiger charge is 2.23. The molecule has 0 saturated heterocycles. The second-order valence-electron chi connectivity index (χ2n) is 6.62. The maximum Gasteiger partial charge on any atom is 0.262 e. The van der Waals surface area contributed by atoms with E-state index in [0.29, 0.717) is 22.3 Å². The standard InChI is InChI=1S/C20H19ClN4OS.ClH/c1-24(2)9-10-25(20-23-17-8-7-13(21)11-18(17)27-20)19(26)15-12-22-16-6-4-3-5-14(15)16;/h3-8,11-12,22H,9-10H2,1-2H3;1H. The van der Waals surface area contributed by atoms with Crippen LogP contribution in [0, 0.1) is 0 Å². The van der Waals surface area contributed by atoms with Crippen LogP contribution in [0.3, 0.4) is 0 Å². The van der Waals surface area contributed by atoms with Crippen molar-refractivity contribution in [3.63, 3.8) is 0 Å². The van der Waals surface area contributed by atoms with E-state index in [9.17, 15) is 4.79 Å². The van der Waals surface area contributed by atoms with Crippen LogP contribution in [0.1, 0.15) is 10.4 Å². The number of fused-ring (bicyclic) bond motifs is 2. The fourth-order valence-electron chi connectivity index (χ4n) is 2.98. The average Bonchev–Trinajstić information content (AvgIpc) is 3.25. The van der Waals surface area contributed by atoms with Gasteiger partial charge in [0.1, 0.15) is 0 Å². The van der Waals surface area contributed by atoms with Gasteiger partial charge in [0, 0.05) is 35.2 Å². The van der Waals surface area contributed by atoms with Gasteiger partial charge in [-0.1, -0.05) is 41.1 Å². The lowest BCUT2D eigenvalue weighted by molar-refractivity contribution is 0.0987. The lowest BCUT2D eigenvalue weighted by Crippen LogP contribution is -2.36. The number of nitrogens with zero attached hydrogens (tertiary/aromatic N) is 3. The minimum atomic E-state index is -0.0561. The third-order valence-corrected chi connectivity index (χ3v) is 5.68. The Balaban J connectivity index is 0.00000225. The summed E-state index contributed by atoms with van der Waals surface area (Å²) < 4.78 is 0.971. The molecule has 0 aliphatic carbocycles. The van der Waals surface area contributed by atoms with Gasteiger partial charge >= 0.3 is 0 Å². The van der Waals surface area contributed by atoms with Gasteiger partial charge in [0.05, 0.1) is 15.8 Å². The predicted molar refractivity (Wildman–Crippen MR) is 120 cm³/mol. The molecule has 2 aromatic carbocycles. The van der Waals surface area contributed by atoms with Crippen molar-refractivity contribution in [2.24, 2.45) is 0 Å². The Kier molecular flexibility index (Phi) is 6.25. The molecule has 1 N–H and O–H groups in total. The van der Waals surface area contributed by atoms with Crippen LogP contribution < -0.4 is 4.90 Å². The van der Waals surface area contributed by atoms with Crippen molar-refractivity contribution in [2.75, 3.05) is 32.1 Å². The minimum Gasteiger partial charge on any atom is -0.360 e. The number of nitrogens with one attached hydrogen (secondary N) is 1. The van der Waals surface area contributed by atoms with E-state index in [2.05, 4.69) is 14.9 Å². The number of halogens is 2. The molecule has 0 spiro atoms. The molecule has 0 radical (unpaired) electrons. The summed E-state index contributed by atoms with van der Waals surface area (Å²) in [4.78, 5) is 25.1. The molecule has 4 rings (SSSR count). The number of H-pyrrole nitrogens is 1. The zero-order valence-electron chi connectivity index (χ0n) is 15.5. The Labute approximate surface area is 178 Å². The Bertz CT molecular complexity index is 1120. The number of aromatic nitrogens is 2. The SMILES string of the molecule is CN(C)CCN(C(=O)c1c[nH]c2ccccc12)c1nc2ccc(Cl)cc2s1.Cl. The summed E-state index contributed by atoms with van der Waals surface area (Å²) in [6.07, 6.45) is 1.78. The van der Waals surface area contributed by atoms with E-state index in [-0.39, 0.29) is 18.3 Å². The molecule has 0 fully saturated rings. The number of amides is 1. The lowest BCUT2D eigenvalue weighted by Gasteiger charge is -2.21. The highest BCUT2D eigenvalue weighted by Crippen LogP contribution is 2.32. The van der Waals surface area contributed by atoms with Crippen molar-refractivity contribution in [1.29, 1.82) is 0 Å². The monoisotopic (exact) mass is 434 g/mol. The molecular weight excluding hydrogens is 415 g/mol. The fourth-order valence-corrected chi connectivity index (χ4v) is 4.25. The largest absolute Gasteiger partial charge is 0.360 e. The first kappa shape index (κ1) is 20.6. The molecule has 0 aliphatic heterocycles. The summed E-state index contributed by atoms with van der Waals surface area (Å²) in [5.74, 6) is -0.0561. The Hall–Kier alpha value is -2.12. The third-order valence-electron chi connectivity index (χ3n) is 4.41. The van der Waals surface area contributed by atoms with E-state index in [0.717, 1.165) is 27.7 Å². The number of rotatable bonds is 5. The first-order valence-corrected chi connectivity index (χ1v) is 9.81. The topological polar surface area (TPSA) is 52.2 Å². The highest BCUT2D eigenvalue weighted by atomic mass is 35.5. The van der Waals surface area contributed by atoms with E-state index in [1.165, 1.54) is 11.3 Å². The van der Waals surface area contributed by atoms with Crippen LogP contribution in [0.25, 0.3) is 21.1 Å². The fraction of sp³-hybridized carbons (Fsp3) is 0.200. The Morgan fingerprint density at radius 3 is 2.75 bits per heavy atom. The molecule has 0 unspecified atom stereocenters. The van der Waals surface area contributed by atoms with E-state index in [4.69, 9.17) is 11.6 Å². The van der Waals surface area contributed by atoms with Gasteiger partial charge in [-0.2, -0.15) is 0 Å². The minimum absolute atomic E-state index is 0. The zero-order valence-corrected chi connectivity index (χ0v) is 17.9. The molecule has 146 valence electrons. The summed E-state index contributed by atoms with van der Waals surface area (Å²) in [5, 5.41) is 2.27. The van der Waals surface area contributed by atoms with Crippen molar-refractivity contribution in [2.45, 2.75) is 0 Å². The van der Waals surface area contributed by atoms with Crippen LogP contribution in [0.4, 0.5) is 5.13 Å². The molecule has 5 nitrogen and oxygen atoms in total. The van der Waals surface area contributed by atoms with Crippen LogP contribution in [-0.4, -0.2) is 48.0 Å². The summed E-state index contributed by atoms with van der Waals surface area (Å²) in [6.45, 7) is 1.30. The number of benzene rings is 2. The van der Waals surface area contributed by atoms with Gasteiger partial charge < -0.3 is 9.88 Å². The van der Waals surface area contributed by atoms with E-state index >= 15 is 0 Å². The molecular formula is C20H20Cl2N4OS. The predicted octanol–water partition coefficient (Wildman–Crippen LogP) is 5.06. The van der Waals surface area contributed by atoms with Gasteiger partial charge in [-0.05, 0) is 38.4 Å². The number of aromatic amines is 1. The summed E-state index contributed by atoms with van der Waals surface area (Å²) in [7, 11) is 3.99. The Morgan fingerprint density at radius 1 is 1.18 bits per heavy atom. The van der Waals surface area contributed by atoms with Crippen molar-refractivity contribution < 1.29 is 4.79 Å². The van der Waals surface area contributed by atoms with Crippen molar-refractivity contribution in [3.05, 3.63) is 59.2 Å². The van der Waals surface area contributed by atoms with E-state index in [1.807, 2.05) is 56.6 Å². The second kappa shape index (κ2) is 8.49. The highest BCUT2D eigenvalue weighted by molar-refractivity contribution is 7.22. The summed E-state index contributed by atoms with van der Waals surface area (Å²) in [6, 6.07) is 13.4. The molecule has 8 heteroatoms. The number of carbonyl (C=O) groups is 1. The van der Waals surface area contributed by atoms with Gasteiger partial charge in [0.25, 0.3) is 5.91 Å². The quantitative estimate of drug-likeness (QED) is 0.477. The van der Waals surface area contributed by atoms with Crippen LogP contribution in [-0.2, 0) is 0 Å². The van der Waals surface area contributed by atoms with Crippen LogP contribution in [0.2, 0.25) is 5.02 Å². The molecule has 28 heavy (non-hydrogen) atoms. The van der Waals surface area contributed by atoms with Crippen LogP contribution in [0.15, 0.2) is 48.7 Å². The van der Waals surface area contributed by atoms with Gasteiger partial charge in [-0.3, -0.25) is 9.69 Å². The van der Waals surface area contributed by atoms with Gasteiger partial charge in [0.2, 0.25) is 0 Å². The van der Waals surface area contributed by atoms with E-state index in [1.54, 1.807) is 11.1 Å². The number of hydrogen-bond acceptors (Lipinski definition) is 4. The number of para-hydroxylation sites is 1. The molecule has 0 aliphatic rings. The molecule has 4 aromatic rings. The van der Waals surface area contributed by atoms with E-state index < -0.39 is 0 Å². The number of likely N-dealkylation sites (N-methyl/N-ethyl adjacent to an activating group) is 1. The van der Waals surface area contributed by atoms with Gasteiger partial charge in [-0.25, -0.2) is 4.98 Å². The summed E-state index contributed by atoms with van der Waals surface area (Å²) >= 11 is 7.59. The first-order valence-electron chi connectivity index (χ1n) is 8.62. The first-order chi connectivity index (χ1) is 13.0. The normalized spacial score (nSPS) is 11.1. The number of thiazole rings is 1. The number of hydrogen-bond donors (Lipinski definition) is 1. The molecule has 0 saturated carbocycles. The summed E-state index contributed by atoms with van der Waals surface area (Å²) in [5.41, 5.74) is 2.45. The molecule has 0 atom stereocenters. The second-order valence-corrected chi connectivity index (χ2v) is 8.06. The van der Waals surface area contributed by atoms with Crippen molar-refractivity contribution >= 4 is 67.5 Å². The molecule has 2 aromatic heterocycles. The zero-order chi connectivity index (χ0) is 19.0. The molecule has 0 bridgehead atoms. The van der Waals surface area contributed by atoms with Gasteiger partial charge in [-0.15, -0.1) is 12.4 Å². The smallest absolute Gasteiger partial charge is 0.262 e. The third kappa shape index (κ3) is 4.00. The average molecular weight is 435 g/mol. The Morgan fingerprint density at radius 2 is 1.96 bits per heavy atom. The molecule has 2 heterocycles. The number of carbonyl (C=O) groups excluding carboxylic acids is 1. The maximum absolute atomic E-state index is 13.4. The maximum atomic E-state index is 13.4. The van der Waals surface area contributed by atoms with Crippen LogP contribution >= 0.6 is 35.3 Å². The number of anilines is 1. The van der Waals surface area contributed by atoms with Crippen LogP contribution in [0.5, 0.6) is 0 Å².